The second kappa shape index (κ2) is 3.28. The van der Waals surface area contributed by atoms with Crippen LogP contribution in [0.15, 0.2) is 16.7 Å². The summed E-state index contributed by atoms with van der Waals surface area (Å²) in [6.45, 7) is 3.71. The molecule has 2 aromatic heterocycles. The molecule has 5 heteroatoms. The molecule has 1 atom stereocenters. The van der Waals surface area contributed by atoms with Crippen LogP contribution in [0.3, 0.4) is 0 Å². The SMILES string of the molecule is Cc1nc2cc(Br)cnc2n1C[C@@H]1CO1. The first-order valence-corrected chi connectivity index (χ1v) is 5.63. The normalized spacial score (nSPS) is 19.7. The molecule has 0 bridgehead atoms. The number of epoxide rings is 1. The lowest BCUT2D eigenvalue weighted by molar-refractivity contribution is 0.383. The molecular formula is C10H10BrN3O. The van der Waals surface area contributed by atoms with Gasteiger partial charge in [0.05, 0.1) is 19.3 Å². The predicted molar refractivity (Wildman–Crippen MR) is 59.7 cm³/mol. The number of hydrogen-bond acceptors (Lipinski definition) is 3. The van der Waals surface area contributed by atoms with Gasteiger partial charge in [0, 0.05) is 10.7 Å². The number of imidazole rings is 1. The minimum absolute atomic E-state index is 0.353. The van der Waals surface area contributed by atoms with Crippen molar-refractivity contribution < 1.29 is 4.74 Å². The van der Waals surface area contributed by atoms with Crippen molar-refractivity contribution in [3.63, 3.8) is 0 Å². The minimum atomic E-state index is 0.353. The van der Waals surface area contributed by atoms with E-state index in [0.29, 0.717) is 6.10 Å². The molecule has 0 amide bonds. The van der Waals surface area contributed by atoms with Crippen molar-refractivity contribution in [3.8, 4) is 0 Å². The number of aromatic nitrogens is 3. The van der Waals surface area contributed by atoms with Gasteiger partial charge in [-0.25, -0.2) is 9.97 Å². The monoisotopic (exact) mass is 267 g/mol. The van der Waals surface area contributed by atoms with E-state index in [1.807, 2.05) is 13.0 Å². The van der Waals surface area contributed by atoms with Crippen molar-refractivity contribution in [1.29, 1.82) is 0 Å². The van der Waals surface area contributed by atoms with Crippen LogP contribution >= 0.6 is 15.9 Å². The van der Waals surface area contributed by atoms with E-state index in [1.165, 1.54) is 0 Å². The maximum atomic E-state index is 5.22. The van der Waals surface area contributed by atoms with Gasteiger partial charge in [-0.15, -0.1) is 0 Å². The van der Waals surface area contributed by atoms with E-state index in [4.69, 9.17) is 4.74 Å². The summed E-state index contributed by atoms with van der Waals surface area (Å²) in [5, 5.41) is 0. The van der Waals surface area contributed by atoms with E-state index in [9.17, 15) is 0 Å². The summed E-state index contributed by atoms with van der Waals surface area (Å²) in [6.07, 6.45) is 2.15. The molecule has 1 aliphatic heterocycles. The number of ether oxygens (including phenoxy) is 1. The summed E-state index contributed by atoms with van der Waals surface area (Å²) < 4.78 is 8.29. The summed E-state index contributed by atoms with van der Waals surface area (Å²) in [7, 11) is 0. The number of pyridine rings is 1. The van der Waals surface area contributed by atoms with Gasteiger partial charge in [0.15, 0.2) is 5.65 Å². The van der Waals surface area contributed by atoms with Gasteiger partial charge in [-0.3, -0.25) is 0 Å². The molecule has 0 radical (unpaired) electrons. The predicted octanol–water partition coefficient (Wildman–Crippen LogP) is 1.90. The largest absolute Gasteiger partial charge is 0.371 e. The molecule has 0 unspecified atom stereocenters. The molecule has 78 valence electrons. The molecule has 0 N–H and O–H groups in total. The number of halogens is 1. The number of rotatable bonds is 2. The molecule has 3 heterocycles. The summed E-state index contributed by atoms with van der Waals surface area (Å²) in [6, 6.07) is 1.99. The maximum Gasteiger partial charge on any atom is 0.160 e. The highest BCUT2D eigenvalue weighted by Gasteiger charge is 2.24. The summed E-state index contributed by atoms with van der Waals surface area (Å²) in [5.41, 5.74) is 1.87. The van der Waals surface area contributed by atoms with Crippen molar-refractivity contribution in [1.82, 2.24) is 14.5 Å². The first-order valence-electron chi connectivity index (χ1n) is 4.84. The summed E-state index contributed by atoms with van der Waals surface area (Å²) in [5.74, 6) is 0.992. The van der Waals surface area contributed by atoms with Crippen LogP contribution in [0.4, 0.5) is 0 Å². The Morgan fingerprint density at radius 2 is 2.47 bits per heavy atom. The van der Waals surface area contributed by atoms with Gasteiger partial charge in [-0.2, -0.15) is 0 Å². The zero-order chi connectivity index (χ0) is 10.4. The van der Waals surface area contributed by atoms with Crippen LogP contribution in [0.1, 0.15) is 5.82 Å². The number of fused-ring (bicyclic) bond motifs is 1. The summed E-state index contributed by atoms with van der Waals surface area (Å²) >= 11 is 3.39. The van der Waals surface area contributed by atoms with E-state index in [0.717, 1.165) is 34.6 Å². The van der Waals surface area contributed by atoms with Gasteiger partial charge < -0.3 is 9.30 Å². The van der Waals surface area contributed by atoms with Gasteiger partial charge in [0.2, 0.25) is 0 Å². The molecule has 1 aliphatic rings. The molecule has 15 heavy (non-hydrogen) atoms. The second-order valence-corrected chi connectivity index (χ2v) is 4.64. The van der Waals surface area contributed by atoms with Crippen molar-refractivity contribution in [3.05, 3.63) is 22.6 Å². The molecular weight excluding hydrogens is 258 g/mol. The molecule has 1 saturated heterocycles. The van der Waals surface area contributed by atoms with Gasteiger partial charge in [-0.05, 0) is 28.9 Å². The number of aryl methyl sites for hydroxylation is 1. The van der Waals surface area contributed by atoms with Crippen molar-refractivity contribution in [2.45, 2.75) is 19.6 Å². The topological polar surface area (TPSA) is 43.2 Å². The van der Waals surface area contributed by atoms with Gasteiger partial charge in [0.1, 0.15) is 11.3 Å². The van der Waals surface area contributed by atoms with Crippen LogP contribution in [-0.4, -0.2) is 27.2 Å². The highest BCUT2D eigenvalue weighted by molar-refractivity contribution is 9.10. The van der Waals surface area contributed by atoms with Crippen LogP contribution in [0, 0.1) is 6.92 Å². The van der Waals surface area contributed by atoms with Gasteiger partial charge in [0.25, 0.3) is 0 Å². The lowest BCUT2D eigenvalue weighted by Gasteiger charge is -2.02. The Labute approximate surface area is 95.4 Å². The molecule has 0 spiro atoms. The first kappa shape index (κ1) is 9.30. The molecule has 0 aromatic carbocycles. The van der Waals surface area contributed by atoms with Crippen LogP contribution in [-0.2, 0) is 11.3 Å². The maximum absolute atomic E-state index is 5.22. The Kier molecular flexibility index (Phi) is 2.03. The van der Waals surface area contributed by atoms with Crippen LogP contribution in [0.2, 0.25) is 0 Å². The van der Waals surface area contributed by atoms with Crippen molar-refractivity contribution >= 4 is 27.1 Å². The lowest BCUT2D eigenvalue weighted by atomic mass is 10.4. The molecule has 3 rings (SSSR count). The number of nitrogens with zero attached hydrogens (tertiary/aromatic N) is 3. The highest BCUT2D eigenvalue weighted by Crippen LogP contribution is 2.21. The molecule has 0 aliphatic carbocycles. The zero-order valence-electron chi connectivity index (χ0n) is 8.27. The molecule has 1 fully saturated rings. The Morgan fingerprint density at radius 1 is 1.67 bits per heavy atom. The van der Waals surface area contributed by atoms with Crippen LogP contribution in [0.5, 0.6) is 0 Å². The second-order valence-electron chi connectivity index (χ2n) is 3.72. The van der Waals surface area contributed by atoms with E-state index >= 15 is 0 Å². The highest BCUT2D eigenvalue weighted by atomic mass is 79.9. The van der Waals surface area contributed by atoms with Gasteiger partial charge in [-0.1, -0.05) is 0 Å². The fourth-order valence-corrected chi connectivity index (χ4v) is 2.01. The van der Waals surface area contributed by atoms with Crippen LogP contribution < -0.4 is 0 Å². The van der Waals surface area contributed by atoms with Gasteiger partial charge >= 0.3 is 0 Å². The zero-order valence-corrected chi connectivity index (χ0v) is 9.86. The number of hydrogen-bond donors (Lipinski definition) is 0. The smallest absolute Gasteiger partial charge is 0.160 e. The average Bonchev–Trinajstić information content (AvgIpc) is 2.93. The quantitative estimate of drug-likeness (QED) is 0.781. The Morgan fingerprint density at radius 3 is 3.20 bits per heavy atom. The fourth-order valence-electron chi connectivity index (χ4n) is 1.70. The molecule has 2 aromatic rings. The third-order valence-corrected chi connectivity index (χ3v) is 2.96. The van der Waals surface area contributed by atoms with E-state index in [1.54, 1.807) is 6.20 Å². The molecule has 0 saturated carbocycles. The van der Waals surface area contributed by atoms with E-state index in [2.05, 4.69) is 30.5 Å². The lowest BCUT2D eigenvalue weighted by Crippen LogP contribution is -2.06. The van der Waals surface area contributed by atoms with Crippen LogP contribution in [0.25, 0.3) is 11.2 Å². The van der Waals surface area contributed by atoms with Crippen molar-refractivity contribution in [2.24, 2.45) is 0 Å². The van der Waals surface area contributed by atoms with E-state index in [-0.39, 0.29) is 0 Å². The molecule has 4 nitrogen and oxygen atoms in total. The first-order chi connectivity index (χ1) is 7.24. The standard InChI is InChI=1S/C10H10BrN3O/c1-6-13-9-2-7(11)3-12-10(9)14(6)4-8-5-15-8/h2-3,8H,4-5H2,1H3/t8-/m1/s1. The Hall–Kier alpha value is -0.940. The third kappa shape index (κ3) is 1.66. The van der Waals surface area contributed by atoms with E-state index < -0.39 is 0 Å². The Bertz CT molecular complexity index is 519. The van der Waals surface area contributed by atoms with Crippen molar-refractivity contribution in [2.75, 3.05) is 6.61 Å². The average molecular weight is 268 g/mol. The Balaban J connectivity index is 2.13. The minimum Gasteiger partial charge on any atom is -0.371 e. The fraction of sp³-hybridized carbons (Fsp3) is 0.400. The summed E-state index contributed by atoms with van der Waals surface area (Å²) in [4.78, 5) is 8.85. The third-order valence-electron chi connectivity index (χ3n) is 2.53.